The standard InChI is InChI=1S/C11H8Cl2N2O4/c1-6(14-11(17)10(12)13)9(16)7-2-4-8(5-3-7)15(18)19/h2-5,10H,1H2,(H,14,17). The second kappa shape index (κ2) is 6.31. The summed E-state index contributed by atoms with van der Waals surface area (Å²) in [5.41, 5.74) is -0.213. The molecule has 0 bridgehead atoms. The van der Waals surface area contributed by atoms with Crippen LogP contribution in [-0.2, 0) is 4.79 Å². The van der Waals surface area contributed by atoms with E-state index in [1.165, 1.54) is 24.3 Å². The lowest BCUT2D eigenvalue weighted by atomic mass is 10.1. The van der Waals surface area contributed by atoms with Crippen LogP contribution in [0.25, 0.3) is 0 Å². The smallest absolute Gasteiger partial charge is 0.269 e. The number of hydrogen-bond donors (Lipinski definition) is 1. The Hall–Kier alpha value is -1.92. The second-order valence-corrected chi connectivity index (χ2v) is 4.50. The van der Waals surface area contributed by atoms with Crippen LogP contribution in [0.2, 0.25) is 0 Å². The number of allylic oxidation sites excluding steroid dienone is 1. The Balaban J connectivity index is 2.80. The van der Waals surface area contributed by atoms with Crippen molar-refractivity contribution < 1.29 is 14.5 Å². The number of amides is 1. The van der Waals surface area contributed by atoms with E-state index in [2.05, 4.69) is 11.9 Å². The fraction of sp³-hybridized carbons (Fsp3) is 0.0909. The normalized spacial score (nSPS) is 10.1. The first-order valence-corrected chi connectivity index (χ1v) is 5.77. The maximum atomic E-state index is 11.8. The Kier molecular flexibility index (Phi) is 5.02. The second-order valence-electron chi connectivity index (χ2n) is 3.40. The van der Waals surface area contributed by atoms with Gasteiger partial charge in [-0.1, -0.05) is 29.8 Å². The first-order chi connectivity index (χ1) is 8.82. The summed E-state index contributed by atoms with van der Waals surface area (Å²) >= 11 is 10.6. The van der Waals surface area contributed by atoms with Gasteiger partial charge in [0.2, 0.25) is 5.78 Å². The number of alkyl halides is 2. The van der Waals surface area contributed by atoms with Gasteiger partial charge >= 0.3 is 0 Å². The summed E-state index contributed by atoms with van der Waals surface area (Å²) in [5.74, 6) is -1.36. The topological polar surface area (TPSA) is 89.3 Å². The predicted octanol–water partition coefficient (Wildman–Crippen LogP) is 2.21. The average Bonchev–Trinajstić information content (AvgIpc) is 2.37. The highest BCUT2D eigenvalue weighted by Crippen LogP contribution is 2.14. The van der Waals surface area contributed by atoms with Gasteiger partial charge in [0.05, 0.1) is 10.6 Å². The van der Waals surface area contributed by atoms with E-state index in [-0.39, 0.29) is 16.9 Å². The molecule has 6 nitrogen and oxygen atoms in total. The third-order valence-corrected chi connectivity index (χ3v) is 2.48. The van der Waals surface area contributed by atoms with Gasteiger partial charge in [-0.3, -0.25) is 19.7 Å². The number of ketones is 1. The molecule has 1 aromatic carbocycles. The number of nitro groups is 1. The molecule has 0 saturated heterocycles. The number of non-ortho nitro benzene ring substituents is 1. The zero-order valence-corrected chi connectivity index (χ0v) is 10.9. The first-order valence-electron chi connectivity index (χ1n) is 4.90. The van der Waals surface area contributed by atoms with Crippen LogP contribution in [0.15, 0.2) is 36.5 Å². The van der Waals surface area contributed by atoms with Crippen molar-refractivity contribution in [3.8, 4) is 0 Å². The minimum atomic E-state index is -1.32. The minimum absolute atomic E-state index is 0.146. The number of halogens is 2. The maximum Gasteiger partial charge on any atom is 0.269 e. The van der Waals surface area contributed by atoms with Crippen molar-refractivity contribution in [2.24, 2.45) is 0 Å². The molecule has 0 heterocycles. The zero-order chi connectivity index (χ0) is 14.6. The van der Waals surface area contributed by atoms with E-state index in [1.54, 1.807) is 0 Å². The molecule has 0 saturated carbocycles. The van der Waals surface area contributed by atoms with Gasteiger partial charge in [-0.15, -0.1) is 0 Å². The molecule has 0 fully saturated rings. The molecule has 0 spiro atoms. The molecule has 100 valence electrons. The van der Waals surface area contributed by atoms with E-state index in [0.717, 1.165) is 0 Å². The lowest BCUT2D eigenvalue weighted by molar-refractivity contribution is -0.384. The minimum Gasteiger partial charge on any atom is -0.321 e. The van der Waals surface area contributed by atoms with Gasteiger partial charge < -0.3 is 5.32 Å². The van der Waals surface area contributed by atoms with Gasteiger partial charge in [-0.2, -0.15) is 0 Å². The molecule has 0 atom stereocenters. The molecule has 0 aromatic heterocycles. The molecule has 0 aliphatic carbocycles. The number of carbonyl (C=O) groups excluding carboxylic acids is 2. The van der Waals surface area contributed by atoms with Crippen molar-refractivity contribution >= 4 is 40.6 Å². The summed E-state index contributed by atoms with van der Waals surface area (Å²) in [7, 11) is 0. The molecular formula is C11H8Cl2N2O4. The first kappa shape index (κ1) is 15.1. The van der Waals surface area contributed by atoms with Crippen LogP contribution in [0.5, 0.6) is 0 Å². The monoisotopic (exact) mass is 302 g/mol. The average molecular weight is 303 g/mol. The van der Waals surface area contributed by atoms with E-state index in [4.69, 9.17) is 23.2 Å². The number of nitro benzene ring substituents is 1. The molecule has 0 radical (unpaired) electrons. The lowest BCUT2D eigenvalue weighted by Gasteiger charge is -2.07. The summed E-state index contributed by atoms with van der Waals surface area (Å²) < 4.78 is 0. The number of hydrogen-bond acceptors (Lipinski definition) is 4. The number of Topliss-reactive ketones (excluding diaryl/α,β-unsaturated/α-hetero) is 1. The van der Waals surface area contributed by atoms with E-state index < -0.39 is 21.5 Å². The van der Waals surface area contributed by atoms with Gasteiger partial charge in [-0.25, -0.2) is 0 Å². The molecule has 8 heteroatoms. The molecule has 1 amide bonds. The SMILES string of the molecule is C=C(NC(=O)C(Cl)Cl)C(=O)c1ccc([N+](=O)[O-])cc1. The van der Waals surface area contributed by atoms with Crippen molar-refractivity contribution in [1.29, 1.82) is 0 Å². The van der Waals surface area contributed by atoms with Gasteiger partial charge in [0.15, 0.2) is 4.84 Å². The van der Waals surface area contributed by atoms with Crippen LogP contribution in [0.3, 0.4) is 0 Å². The maximum absolute atomic E-state index is 11.8. The van der Waals surface area contributed by atoms with E-state index in [1.807, 2.05) is 0 Å². The third kappa shape index (κ3) is 4.04. The molecule has 1 N–H and O–H groups in total. The van der Waals surface area contributed by atoms with Crippen LogP contribution in [0.1, 0.15) is 10.4 Å². The van der Waals surface area contributed by atoms with Crippen molar-refractivity contribution in [3.05, 3.63) is 52.2 Å². The highest BCUT2D eigenvalue weighted by atomic mass is 35.5. The van der Waals surface area contributed by atoms with Crippen molar-refractivity contribution in [3.63, 3.8) is 0 Å². The summed E-state index contributed by atoms with van der Waals surface area (Å²) in [6, 6.07) is 4.87. The summed E-state index contributed by atoms with van der Waals surface area (Å²) in [6.45, 7) is 3.38. The van der Waals surface area contributed by atoms with E-state index in [9.17, 15) is 19.7 Å². The Morgan fingerprint density at radius 3 is 2.21 bits per heavy atom. The molecule has 0 aliphatic rings. The highest BCUT2D eigenvalue weighted by Gasteiger charge is 2.17. The van der Waals surface area contributed by atoms with Crippen LogP contribution < -0.4 is 5.32 Å². The number of carbonyl (C=O) groups is 2. The predicted molar refractivity (Wildman–Crippen MR) is 70.2 cm³/mol. The molecular weight excluding hydrogens is 295 g/mol. The summed E-state index contributed by atoms with van der Waals surface area (Å²) in [6.07, 6.45) is 0. The van der Waals surface area contributed by atoms with Gasteiger partial charge in [0.25, 0.3) is 11.6 Å². The number of rotatable bonds is 5. The van der Waals surface area contributed by atoms with Crippen molar-refractivity contribution in [2.75, 3.05) is 0 Å². The third-order valence-electron chi connectivity index (χ3n) is 2.09. The van der Waals surface area contributed by atoms with Crippen LogP contribution >= 0.6 is 23.2 Å². The van der Waals surface area contributed by atoms with Crippen LogP contribution in [0, 0.1) is 10.1 Å². The largest absolute Gasteiger partial charge is 0.321 e. The van der Waals surface area contributed by atoms with Crippen LogP contribution in [0.4, 0.5) is 5.69 Å². The molecule has 19 heavy (non-hydrogen) atoms. The Morgan fingerprint density at radius 1 is 1.26 bits per heavy atom. The van der Waals surface area contributed by atoms with Crippen LogP contribution in [-0.4, -0.2) is 21.5 Å². The zero-order valence-electron chi connectivity index (χ0n) is 9.43. The highest BCUT2D eigenvalue weighted by molar-refractivity contribution is 6.53. The van der Waals surface area contributed by atoms with E-state index >= 15 is 0 Å². The Bertz CT molecular complexity index is 540. The summed E-state index contributed by atoms with van der Waals surface area (Å²) in [5, 5.41) is 12.6. The Labute approximate surface area is 118 Å². The summed E-state index contributed by atoms with van der Waals surface area (Å²) in [4.78, 5) is 31.5. The van der Waals surface area contributed by atoms with Gasteiger partial charge in [0, 0.05) is 17.7 Å². The molecule has 0 unspecified atom stereocenters. The van der Waals surface area contributed by atoms with Crippen molar-refractivity contribution in [2.45, 2.75) is 4.84 Å². The number of nitrogens with one attached hydrogen (secondary N) is 1. The fourth-order valence-corrected chi connectivity index (χ4v) is 1.28. The molecule has 1 aromatic rings. The molecule has 0 aliphatic heterocycles. The fourth-order valence-electron chi connectivity index (χ4n) is 1.17. The van der Waals surface area contributed by atoms with E-state index in [0.29, 0.717) is 0 Å². The lowest BCUT2D eigenvalue weighted by Crippen LogP contribution is -2.30. The molecule has 1 rings (SSSR count). The van der Waals surface area contributed by atoms with Gasteiger partial charge in [0.1, 0.15) is 0 Å². The van der Waals surface area contributed by atoms with Gasteiger partial charge in [-0.05, 0) is 12.1 Å². The number of nitrogens with zero attached hydrogens (tertiary/aromatic N) is 1. The quantitative estimate of drug-likeness (QED) is 0.297. The Morgan fingerprint density at radius 2 is 1.79 bits per heavy atom. The van der Waals surface area contributed by atoms with Crippen molar-refractivity contribution in [1.82, 2.24) is 5.32 Å². The number of benzene rings is 1.